The molecule has 0 fully saturated rings. The van der Waals surface area contributed by atoms with Gasteiger partial charge in [0.25, 0.3) is 0 Å². The molecule has 0 aliphatic carbocycles. The molecule has 0 amide bonds. The zero-order valence-corrected chi connectivity index (χ0v) is 25.3. The summed E-state index contributed by atoms with van der Waals surface area (Å²) in [6, 6.07) is 39.4. The van der Waals surface area contributed by atoms with Crippen molar-refractivity contribution in [2.24, 2.45) is 0 Å². The Balaban J connectivity index is 0.000000201. The molecule has 0 heterocycles. The van der Waals surface area contributed by atoms with Gasteiger partial charge >= 0.3 is 5.97 Å². The first-order chi connectivity index (χ1) is 19.5. The van der Waals surface area contributed by atoms with E-state index in [9.17, 15) is 14.7 Å². The summed E-state index contributed by atoms with van der Waals surface area (Å²) in [4.78, 5) is 23.9. The van der Waals surface area contributed by atoms with Crippen LogP contribution in [0, 0.1) is 13.8 Å². The van der Waals surface area contributed by atoms with Gasteiger partial charge in [-0.2, -0.15) is 0 Å². The average molecular weight is 557 g/mol. The lowest BCUT2D eigenvalue weighted by molar-refractivity contribution is 0.0692. The molecule has 5 aromatic rings. The minimum Gasteiger partial charge on any atom is -0.478 e. The fourth-order valence-corrected chi connectivity index (χ4v) is 5.66. The number of carboxylic acids is 1. The molecule has 0 saturated carbocycles. The zero-order chi connectivity index (χ0) is 29.6. The van der Waals surface area contributed by atoms with Crippen LogP contribution in [0.15, 0.2) is 121 Å². The van der Waals surface area contributed by atoms with Crippen molar-refractivity contribution in [3.05, 3.63) is 149 Å². The van der Waals surface area contributed by atoms with Gasteiger partial charge in [-0.3, -0.25) is 4.79 Å². The maximum Gasteiger partial charge on any atom is 0.336 e. The first-order valence-corrected chi connectivity index (χ1v) is 17.2. The van der Waals surface area contributed by atoms with Crippen LogP contribution in [0.4, 0.5) is 0 Å². The molecule has 5 aromatic carbocycles. The summed E-state index contributed by atoms with van der Waals surface area (Å²) >= 11 is 0. The van der Waals surface area contributed by atoms with Crippen LogP contribution in [-0.2, 0) is 0 Å². The summed E-state index contributed by atoms with van der Waals surface area (Å²) in [7, 11) is -1.17. The van der Waals surface area contributed by atoms with Gasteiger partial charge in [0.05, 0.1) is 13.6 Å². The monoisotopic (exact) mass is 556 g/mol. The van der Waals surface area contributed by atoms with E-state index in [2.05, 4.69) is 75.1 Å². The number of ketones is 1. The summed E-state index contributed by atoms with van der Waals surface area (Å²) in [5.74, 6) is -1.39. The van der Waals surface area contributed by atoms with Gasteiger partial charge in [0.2, 0.25) is 0 Å². The summed E-state index contributed by atoms with van der Waals surface area (Å²) in [6.45, 7) is 11.3. The molecule has 41 heavy (non-hydrogen) atoms. The highest BCUT2D eigenvalue weighted by Crippen LogP contribution is 2.22. The Hall–Kier alpha value is -4.54. The molecule has 0 saturated heterocycles. The van der Waals surface area contributed by atoms with Crippen molar-refractivity contribution >= 4 is 25.0 Å². The van der Waals surface area contributed by atoms with Crippen molar-refractivity contribution in [1.82, 2.24) is 0 Å². The van der Waals surface area contributed by atoms with E-state index in [1.165, 1.54) is 33.5 Å². The maximum atomic E-state index is 12.6. The summed E-state index contributed by atoms with van der Waals surface area (Å²) < 4.78 is 0. The number of benzene rings is 5. The third-order valence-corrected chi connectivity index (χ3v) is 9.14. The largest absolute Gasteiger partial charge is 0.478 e. The number of carboxylic acid groups (broad SMARTS) is 1. The lowest BCUT2D eigenvalue weighted by Gasteiger charge is -2.16. The van der Waals surface area contributed by atoms with Crippen LogP contribution >= 0.6 is 0 Å². The number of carbonyl (C=O) groups excluding carboxylic acids is 1. The molecule has 0 aliphatic heterocycles. The molecular formula is C37H36O3Si. The summed E-state index contributed by atoms with van der Waals surface area (Å²) in [6.07, 6.45) is 0. The summed E-state index contributed by atoms with van der Waals surface area (Å²) in [5, 5.41) is 10.7. The van der Waals surface area contributed by atoms with Crippen LogP contribution in [0.25, 0.3) is 22.3 Å². The van der Waals surface area contributed by atoms with Gasteiger partial charge in [-0.1, -0.05) is 151 Å². The van der Waals surface area contributed by atoms with Crippen molar-refractivity contribution in [3.63, 3.8) is 0 Å². The minimum absolute atomic E-state index is 0.0186. The Morgan fingerprint density at radius 1 is 0.512 bits per heavy atom. The van der Waals surface area contributed by atoms with Gasteiger partial charge < -0.3 is 5.11 Å². The predicted octanol–water partition coefficient (Wildman–Crippen LogP) is 8.80. The SMILES string of the molecule is Cc1ccc(-c2ccc(C(=O)c3ccccc3C(=O)O)cc2)cc1.Cc1ccc(-c2ccc([Si](C)(C)C)cc2)cc1. The number of carbonyl (C=O) groups is 2. The molecule has 206 valence electrons. The maximum absolute atomic E-state index is 12.6. The second-order valence-corrected chi connectivity index (χ2v) is 16.4. The van der Waals surface area contributed by atoms with Gasteiger partial charge in [0, 0.05) is 11.1 Å². The summed E-state index contributed by atoms with van der Waals surface area (Å²) in [5.41, 5.74) is 7.90. The van der Waals surface area contributed by atoms with Crippen LogP contribution in [0.2, 0.25) is 19.6 Å². The predicted molar refractivity (Wildman–Crippen MR) is 173 cm³/mol. The Labute approximate surface area is 244 Å². The van der Waals surface area contributed by atoms with Crippen molar-refractivity contribution in [1.29, 1.82) is 0 Å². The Morgan fingerprint density at radius 2 is 0.878 bits per heavy atom. The lowest BCUT2D eigenvalue weighted by atomic mass is 9.96. The van der Waals surface area contributed by atoms with Crippen LogP contribution in [0.3, 0.4) is 0 Å². The first kappa shape index (κ1) is 29.4. The third kappa shape index (κ3) is 7.56. The molecule has 0 atom stereocenters. The van der Waals surface area contributed by atoms with Gasteiger partial charge in [-0.25, -0.2) is 4.79 Å². The van der Waals surface area contributed by atoms with Crippen molar-refractivity contribution in [3.8, 4) is 22.3 Å². The molecule has 5 rings (SSSR count). The van der Waals surface area contributed by atoms with Crippen LogP contribution < -0.4 is 5.19 Å². The third-order valence-electron chi connectivity index (χ3n) is 7.07. The van der Waals surface area contributed by atoms with Crippen molar-refractivity contribution in [2.45, 2.75) is 33.5 Å². The van der Waals surface area contributed by atoms with E-state index in [-0.39, 0.29) is 16.9 Å². The highest BCUT2D eigenvalue weighted by atomic mass is 28.3. The molecule has 0 bridgehead atoms. The number of hydrogen-bond acceptors (Lipinski definition) is 2. The van der Waals surface area contributed by atoms with Crippen molar-refractivity contribution in [2.75, 3.05) is 0 Å². The quantitative estimate of drug-likeness (QED) is 0.168. The normalized spacial score (nSPS) is 10.9. The molecule has 0 aromatic heterocycles. The molecule has 0 aliphatic rings. The lowest BCUT2D eigenvalue weighted by Crippen LogP contribution is -2.37. The van der Waals surface area contributed by atoms with Gasteiger partial charge in [0.15, 0.2) is 5.78 Å². The Bertz CT molecular complexity index is 1630. The van der Waals surface area contributed by atoms with Gasteiger partial charge in [0.1, 0.15) is 0 Å². The Kier molecular flexibility index (Phi) is 9.16. The molecular weight excluding hydrogens is 520 g/mol. The van der Waals surface area contributed by atoms with Crippen LogP contribution in [-0.4, -0.2) is 24.9 Å². The molecule has 4 heteroatoms. The van der Waals surface area contributed by atoms with Gasteiger partial charge in [-0.15, -0.1) is 0 Å². The Morgan fingerprint density at radius 3 is 1.27 bits per heavy atom. The van der Waals surface area contributed by atoms with Crippen LogP contribution in [0.1, 0.15) is 37.4 Å². The smallest absolute Gasteiger partial charge is 0.336 e. The van der Waals surface area contributed by atoms with Gasteiger partial charge in [-0.05, 0) is 42.2 Å². The minimum atomic E-state index is -1.17. The zero-order valence-electron chi connectivity index (χ0n) is 24.3. The molecule has 0 unspecified atom stereocenters. The van der Waals surface area contributed by atoms with E-state index < -0.39 is 14.0 Å². The second-order valence-electron chi connectivity index (χ2n) is 11.3. The van der Waals surface area contributed by atoms with Crippen LogP contribution in [0.5, 0.6) is 0 Å². The van der Waals surface area contributed by atoms with Crippen molar-refractivity contribution < 1.29 is 14.7 Å². The molecule has 0 spiro atoms. The van der Waals surface area contributed by atoms with E-state index in [4.69, 9.17) is 0 Å². The standard InChI is InChI=1S/C21H16O3.C16H20Si/c1-14-6-8-15(9-7-14)16-10-12-17(13-11-16)20(22)18-4-2-3-5-19(18)21(23)24;1-13-5-7-14(8-6-13)15-9-11-16(12-10-15)17(2,3)4/h2-13H,1H3,(H,23,24);5-12H,1-4H3. The first-order valence-electron chi connectivity index (χ1n) is 13.7. The second kappa shape index (κ2) is 12.8. The average Bonchev–Trinajstić information content (AvgIpc) is 2.98. The number of rotatable bonds is 6. The fraction of sp³-hybridized carbons (Fsp3) is 0.135. The van der Waals surface area contributed by atoms with E-state index in [1.54, 1.807) is 30.3 Å². The number of aromatic carboxylic acids is 1. The molecule has 3 nitrogen and oxygen atoms in total. The van der Waals surface area contributed by atoms with E-state index in [0.717, 1.165) is 11.1 Å². The molecule has 0 radical (unpaired) electrons. The highest BCUT2D eigenvalue weighted by molar-refractivity contribution is 6.88. The number of aryl methyl sites for hydroxylation is 2. The number of hydrogen-bond donors (Lipinski definition) is 1. The van der Waals surface area contributed by atoms with E-state index >= 15 is 0 Å². The fourth-order valence-electron chi connectivity index (χ4n) is 4.49. The van der Waals surface area contributed by atoms with E-state index in [1.807, 2.05) is 43.3 Å². The van der Waals surface area contributed by atoms with E-state index in [0.29, 0.717) is 5.56 Å². The topological polar surface area (TPSA) is 54.4 Å². The highest BCUT2D eigenvalue weighted by Gasteiger charge is 2.17. The molecule has 1 N–H and O–H groups in total.